The van der Waals surface area contributed by atoms with Crippen molar-refractivity contribution in [1.29, 1.82) is 0 Å². The second-order valence-corrected chi connectivity index (χ2v) is 21.1. The van der Waals surface area contributed by atoms with Gasteiger partial charge in [-0.15, -0.1) is 0 Å². The van der Waals surface area contributed by atoms with Gasteiger partial charge in [0.2, 0.25) is 11.8 Å². The van der Waals surface area contributed by atoms with E-state index in [-0.39, 0.29) is 29.5 Å². The van der Waals surface area contributed by atoms with Crippen LogP contribution in [0, 0.1) is 12.8 Å². The SMILES string of the molecule is Cc1c(OC2CCC(CCC(C)N3CCN(c4nccc5c(C6CCC(=O)NC6=O)nn(C)c45)CC3)CC2)cccc1-c1ccc(N2CCc3cccc(C(=O)Nc4nc5ccccc5s4)c3C2)nc1C(=O)O. The molecule has 3 aliphatic heterocycles. The number of piperidine rings is 1. The Morgan fingerprint density at radius 1 is 0.877 bits per heavy atom. The second-order valence-electron chi connectivity index (χ2n) is 20.1. The molecular formula is C56H60N10O6S. The average Bonchev–Trinajstić information content (AvgIpc) is 3.98. The first-order valence-electron chi connectivity index (χ1n) is 25.6. The molecule has 7 heterocycles. The summed E-state index contributed by atoms with van der Waals surface area (Å²) < 4.78 is 9.54. The first kappa shape index (κ1) is 48.1. The molecule has 0 spiro atoms. The number of aromatic nitrogens is 5. The summed E-state index contributed by atoms with van der Waals surface area (Å²) in [5.41, 5.74) is 7.18. The van der Waals surface area contributed by atoms with Crippen LogP contribution in [0.25, 0.3) is 32.2 Å². The molecule has 1 aliphatic carbocycles. The minimum Gasteiger partial charge on any atom is -0.490 e. The number of ether oxygens (including phenoxy) is 1. The Kier molecular flexibility index (Phi) is 13.4. The van der Waals surface area contributed by atoms with Crippen molar-refractivity contribution >= 4 is 72.9 Å². The second kappa shape index (κ2) is 20.3. The predicted molar refractivity (Wildman–Crippen MR) is 283 cm³/mol. The van der Waals surface area contributed by atoms with Gasteiger partial charge in [0, 0.05) is 81.5 Å². The summed E-state index contributed by atoms with van der Waals surface area (Å²) in [6, 6.07) is 25.6. The van der Waals surface area contributed by atoms with Gasteiger partial charge in [-0.2, -0.15) is 5.10 Å². The van der Waals surface area contributed by atoms with E-state index >= 15 is 0 Å². The maximum absolute atomic E-state index is 13.7. The molecule has 2 unspecified atom stereocenters. The van der Waals surface area contributed by atoms with E-state index in [2.05, 4.69) is 32.3 Å². The molecule has 0 radical (unpaired) electrons. The fourth-order valence-corrected chi connectivity index (χ4v) is 12.4. The molecule has 3 aromatic carbocycles. The zero-order valence-corrected chi connectivity index (χ0v) is 42.3. The lowest BCUT2D eigenvalue weighted by Crippen LogP contribution is -2.50. The van der Waals surface area contributed by atoms with Crippen molar-refractivity contribution in [2.24, 2.45) is 13.0 Å². The molecule has 11 rings (SSSR count). The number of hydrogen-bond donors (Lipinski definition) is 3. The fraction of sp³-hybridized carbons (Fsp3) is 0.393. The Labute approximate surface area is 427 Å². The number of carboxylic acids is 1. The largest absolute Gasteiger partial charge is 0.490 e. The number of pyridine rings is 2. The van der Waals surface area contributed by atoms with Gasteiger partial charge < -0.3 is 19.6 Å². The van der Waals surface area contributed by atoms with Crippen LogP contribution in [-0.2, 0) is 29.6 Å². The van der Waals surface area contributed by atoms with Gasteiger partial charge in [0.1, 0.15) is 17.1 Å². The van der Waals surface area contributed by atoms with Crippen LogP contribution >= 0.6 is 11.3 Å². The molecule has 376 valence electrons. The zero-order chi connectivity index (χ0) is 50.3. The number of imide groups is 1. The number of carboxylic acid groups (broad SMARTS) is 1. The van der Waals surface area contributed by atoms with Gasteiger partial charge in [-0.25, -0.2) is 19.7 Å². The molecule has 17 heteroatoms. The van der Waals surface area contributed by atoms with Crippen LogP contribution in [0.15, 0.2) is 85.1 Å². The highest BCUT2D eigenvalue weighted by Gasteiger charge is 2.34. The highest BCUT2D eigenvalue weighted by Crippen LogP contribution is 2.39. The molecule has 3 amide bonds. The number of nitrogens with one attached hydrogen (secondary N) is 2. The average molecular weight is 1000 g/mol. The van der Waals surface area contributed by atoms with Crippen LogP contribution in [0.4, 0.5) is 16.8 Å². The number of benzene rings is 3. The zero-order valence-electron chi connectivity index (χ0n) is 41.5. The summed E-state index contributed by atoms with van der Waals surface area (Å²) in [5, 5.41) is 22.3. The molecule has 2 saturated heterocycles. The van der Waals surface area contributed by atoms with Crippen molar-refractivity contribution in [3.05, 3.63) is 119 Å². The minimum atomic E-state index is -1.11. The number of fused-ring (bicyclic) bond motifs is 3. The van der Waals surface area contributed by atoms with Crippen LogP contribution in [0.1, 0.15) is 107 Å². The van der Waals surface area contributed by atoms with Crippen LogP contribution < -0.4 is 25.2 Å². The summed E-state index contributed by atoms with van der Waals surface area (Å²) in [6.45, 7) is 8.96. The number of carbonyl (C=O) groups excluding carboxylic acids is 3. The van der Waals surface area contributed by atoms with Crippen molar-refractivity contribution in [3.8, 4) is 16.9 Å². The number of anilines is 3. The lowest BCUT2D eigenvalue weighted by molar-refractivity contribution is -0.134. The molecule has 3 N–H and O–H groups in total. The lowest BCUT2D eigenvalue weighted by Gasteiger charge is -2.39. The van der Waals surface area contributed by atoms with Crippen molar-refractivity contribution in [2.75, 3.05) is 47.8 Å². The van der Waals surface area contributed by atoms with Crippen molar-refractivity contribution in [1.82, 2.24) is 34.9 Å². The Morgan fingerprint density at radius 3 is 2.48 bits per heavy atom. The van der Waals surface area contributed by atoms with Gasteiger partial charge in [0.15, 0.2) is 16.6 Å². The number of amides is 3. The van der Waals surface area contributed by atoms with Gasteiger partial charge in [0.25, 0.3) is 5.91 Å². The maximum Gasteiger partial charge on any atom is 0.355 e. The molecular weight excluding hydrogens is 941 g/mol. The summed E-state index contributed by atoms with van der Waals surface area (Å²) >= 11 is 1.44. The monoisotopic (exact) mass is 1000 g/mol. The molecule has 2 atom stereocenters. The van der Waals surface area contributed by atoms with E-state index in [9.17, 15) is 24.3 Å². The van der Waals surface area contributed by atoms with E-state index in [1.54, 1.807) is 6.20 Å². The Hall–Kier alpha value is -7.24. The molecule has 4 aromatic heterocycles. The quantitative estimate of drug-likeness (QED) is 0.0931. The number of thiazole rings is 1. The smallest absolute Gasteiger partial charge is 0.355 e. The summed E-state index contributed by atoms with van der Waals surface area (Å²) in [4.78, 5) is 72.3. The number of piperazine rings is 1. The first-order chi connectivity index (χ1) is 35.4. The molecule has 73 heavy (non-hydrogen) atoms. The van der Waals surface area contributed by atoms with E-state index in [0.717, 1.165) is 113 Å². The Bertz CT molecular complexity index is 3230. The van der Waals surface area contributed by atoms with Crippen molar-refractivity contribution in [3.63, 3.8) is 0 Å². The number of hydrogen-bond acceptors (Lipinski definition) is 13. The normalized spacial score (nSPS) is 20.0. The number of nitrogens with zero attached hydrogens (tertiary/aromatic N) is 8. The highest BCUT2D eigenvalue weighted by molar-refractivity contribution is 7.22. The van der Waals surface area contributed by atoms with Gasteiger partial charge in [-0.05, 0) is 136 Å². The first-order valence-corrected chi connectivity index (χ1v) is 26.4. The topological polar surface area (TPSA) is 188 Å². The van der Waals surface area contributed by atoms with Gasteiger partial charge >= 0.3 is 5.97 Å². The Balaban J connectivity index is 0.680. The molecule has 16 nitrogen and oxygen atoms in total. The van der Waals surface area contributed by atoms with Crippen LogP contribution in [0.2, 0.25) is 0 Å². The molecule has 1 saturated carbocycles. The standard InChI is InChI=1S/C56H60N10O6S/c1-33(64-28-30-65(31-29-64)52-51-41(24-26-57-52)49(62-63(51)3)42-21-23-48(67)60-54(42)69)14-15-35-16-18-37(19-17-35)72-45-12-7-9-38(34(45)2)39-20-22-47(59-50(39)55(70)71)66-27-25-36-8-6-10-40(43(36)32-66)53(68)61-56-58-44-11-4-5-13-46(44)73-56/h4-13,20,22,24,26,33,35,37,42H,14-19,21,23,25,27-32H2,1-3H3,(H,70,71)(H,58,61,68)(H,60,67,69). The van der Waals surface area contributed by atoms with Gasteiger partial charge in [-0.1, -0.05) is 47.7 Å². The third-order valence-corrected chi connectivity index (χ3v) is 16.6. The lowest BCUT2D eigenvalue weighted by atomic mass is 9.83. The van der Waals surface area contributed by atoms with E-state index in [4.69, 9.17) is 19.8 Å². The van der Waals surface area contributed by atoms with Gasteiger partial charge in [0.05, 0.1) is 27.9 Å². The van der Waals surface area contributed by atoms with E-state index in [0.29, 0.717) is 72.1 Å². The van der Waals surface area contributed by atoms with Crippen LogP contribution in [-0.4, -0.2) is 103 Å². The number of carbonyl (C=O) groups is 4. The van der Waals surface area contributed by atoms with E-state index in [1.807, 2.05) is 102 Å². The molecule has 7 aromatic rings. The molecule has 3 fully saturated rings. The summed E-state index contributed by atoms with van der Waals surface area (Å²) in [6.07, 6.45) is 9.82. The van der Waals surface area contributed by atoms with Crippen LogP contribution in [0.3, 0.4) is 0 Å². The number of aryl methyl sites for hydroxylation is 1. The Morgan fingerprint density at radius 2 is 1.68 bits per heavy atom. The summed E-state index contributed by atoms with van der Waals surface area (Å²) in [5.74, 6) is 0.543. The third kappa shape index (κ3) is 9.75. The highest BCUT2D eigenvalue weighted by atomic mass is 32.1. The van der Waals surface area contributed by atoms with E-state index in [1.165, 1.54) is 17.8 Å². The number of para-hydroxylation sites is 1. The number of aromatic carboxylic acids is 1. The predicted octanol–water partition coefficient (Wildman–Crippen LogP) is 8.91. The van der Waals surface area contributed by atoms with Crippen LogP contribution in [0.5, 0.6) is 5.75 Å². The minimum absolute atomic E-state index is 0.0246. The molecule has 4 aliphatic rings. The molecule has 0 bridgehead atoms. The van der Waals surface area contributed by atoms with E-state index < -0.39 is 11.9 Å². The maximum atomic E-state index is 13.7. The fourth-order valence-electron chi connectivity index (χ4n) is 11.5. The van der Waals surface area contributed by atoms with Gasteiger partial charge in [-0.3, -0.25) is 34.6 Å². The number of rotatable bonds is 13. The summed E-state index contributed by atoms with van der Waals surface area (Å²) in [7, 11) is 1.90. The third-order valence-electron chi connectivity index (χ3n) is 15.7. The van der Waals surface area contributed by atoms with Crippen molar-refractivity contribution in [2.45, 2.75) is 96.2 Å². The van der Waals surface area contributed by atoms with Crippen molar-refractivity contribution < 1.29 is 29.0 Å².